The second kappa shape index (κ2) is 5.24. The minimum atomic E-state index is -0.582. The zero-order valence-corrected chi connectivity index (χ0v) is 12.2. The molecule has 0 saturated heterocycles. The molecule has 1 atom stereocenters. The number of anilines is 2. The number of para-hydroxylation sites is 3. The van der Waals surface area contributed by atoms with Crippen LogP contribution in [-0.2, 0) is 9.59 Å². The van der Waals surface area contributed by atoms with Crippen LogP contribution in [0, 0.1) is 0 Å². The van der Waals surface area contributed by atoms with Crippen LogP contribution >= 0.6 is 0 Å². The average molecular weight is 306 g/mol. The number of nitrogens with one attached hydrogen (secondary N) is 2. The van der Waals surface area contributed by atoms with Crippen LogP contribution in [-0.4, -0.2) is 21.4 Å². The van der Waals surface area contributed by atoms with Crippen LogP contribution in [0.2, 0.25) is 0 Å². The fourth-order valence-corrected chi connectivity index (χ4v) is 2.85. The van der Waals surface area contributed by atoms with Crippen LogP contribution in [0.4, 0.5) is 11.6 Å². The minimum Gasteiger partial charge on any atom is -0.326 e. The van der Waals surface area contributed by atoms with E-state index in [9.17, 15) is 9.59 Å². The molecule has 1 aliphatic heterocycles. The Labute approximate surface area is 132 Å². The standard InChI is InChI=1S/C17H14N4O2/c22-15(18-11-6-2-1-3-7-11)10-14-16(23)20-17-19-12-8-4-5-9-13(12)21(14)17/h1-9,14H,10H2,(H,18,22)(H,19,20,23)/t14-/m1/s1. The monoisotopic (exact) mass is 306 g/mol. The molecule has 2 aromatic carbocycles. The van der Waals surface area contributed by atoms with E-state index in [1.165, 1.54) is 0 Å². The molecule has 0 aliphatic carbocycles. The molecule has 1 aliphatic rings. The van der Waals surface area contributed by atoms with Crippen molar-refractivity contribution >= 4 is 34.5 Å². The Bertz CT molecular complexity index is 901. The number of fused-ring (bicyclic) bond motifs is 3. The van der Waals surface area contributed by atoms with Gasteiger partial charge >= 0.3 is 0 Å². The Morgan fingerprint density at radius 2 is 1.87 bits per heavy atom. The van der Waals surface area contributed by atoms with Gasteiger partial charge < -0.3 is 5.32 Å². The van der Waals surface area contributed by atoms with E-state index in [1.807, 2.05) is 54.6 Å². The second-order valence-electron chi connectivity index (χ2n) is 5.42. The number of benzene rings is 2. The SMILES string of the molecule is O=C(C[C@@H]1C(=O)Nc2nc3ccccc3n21)Nc1ccccc1. The fraction of sp³-hybridized carbons (Fsp3) is 0.118. The molecule has 4 rings (SSSR count). The van der Waals surface area contributed by atoms with Crippen LogP contribution in [0.5, 0.6) is 0 Å². The summed E-state index contributed by atoms with van der Waals surface area (Å²) in [6.07, 6.45) is 0.0636. The first-order valence-corrected chi connectivity index (χ1v) is 7.35. The molecule has 0 unspecified atom stereocenters. The molecule has 0 saturated carbocycles. The Hall–Kier alpha value is -3.15. The van der Waals surface area contributed by atoms with Crippen LogP contribution in [0.25, 0.3) is 11.0 Å². The van der Waals surface area contributed by atoms with E-state index in [4.69, 9.17) is 0 Å². The van der Waals surface area contributed by atoms with Crippen molar-refractivity contribution < 1.29 is 9.59 Å². The van der Waals surface area contributed by atoms with E-state index in [0.29, 0.717) is 11.6 Å². The van der Waals surface area contributed by atoms with Crippen molar-refractivity contribution in [3.05, 3.63) is 54.6 Å². The molecule has 2 heterocycles. The van der Waals surface area contributed by atoms with Crippen LogP contribution in [0.1, 0.15) is 12.5 Å². The molecule has 1 aromatic heterocycles. The first kappa shape index (κ1) is 13.5. The topological polar surface area (TPSA) is 76.0 Å². The number of imidazole rings is 1. The third-order valence-electron chi connectivity index (χ3n) is 3.88. The predicted octanol–water partition coefficient (Wildman–Crippen LogP) is 2.56. The van der Waals surface area contributed by atoms with Gasteiger partial charge in [-0.15, -0.1) is 0 Å². The molecule has 6 nitrogen and oxygen atoms in total. The summed E-state index contributed by atoms with van der Waals surface area (Å²) in [5.74, 6) is 0.0807. The maximum Gasteiger partial charge on any atom is 0.250 e. The number of nitrogens with zero attached hydrogens (tertiary/aromatic N) is 2. The Balaban J connectivity index is 1.60. The molecule has 23 heavy (non-hydrogen) atoms. The number of rotatable bonds is 3. The highest BCUT2D eigenvalue weighted by molar-refractivity contribution is 6.03. The van der Waals surface area contributed by atoms with Crippen molar-refractivity contribution in [2.45, 2.75) is 12.5 Å². The van der Waals surface area contributed by atoms with Gasteiger partial charge in [0.1, 0.15) is 6.04 Å². The van der Waals surface area contributed by atoms with Crippen molar-refractivity contribution in [1.29, 1.82) is 0 Å². The van der Waals surface area contributed by atoms with E-state index in [-0.39, 0.29) is 18.2 Å². The number of hydrogen-bond donors (Lipinski definition) is 2. The maximum absolute atomic E-state index is 12.3. The highest BCUT2D eigenvalue weighted by Gasteiger charge is 2.34. The van der Waals surface area contributed by atoms with Gasteiger partial charge in [-0.05, 0) is 24.3 Å². The molecule has 2 N–H and O–H groups in total. The Kier molecular flexibility index (Phi) is 3.08. The predicted molar refractivity (Wildman–Crippen MR) is 87.1 cm³/mol. The molecule has 6 heteroatoms. The number of carbonyl (C=O) groups excluding carboxylic acids is 2. The summed E-state index contributed by atoms with van der Waals surface area (Å²) in [7, 11) is 0. The molecular weight excluding hydrogens is 292 g/mol. The summed E-state index contributed by atoms with van der Waals surface area (Å²) in [4.78, 5) is 28.8. The third kappa shape index (κ3) is 2.34. The van der Waals surface area contributed by atoms with Crippen LogP contribution in [0.15, 0.2) is 54.6 Å². The average Bonchev–Trinajstić information content (AvgIpc) is 3.04. The Morgan fingerprint density at radius 3 is 2.70 bits per heavy atom. The number of hydrogen-bond acceptors (Lipinski definition) is 3. The van der Waals surface area contributed by atoms with Crippen molar-refractivity contribution in [2.75, 3.05) is 10.6 Å². The van der Waals surface area contributed by atoms with Crippen molar-refractivity contribution in [3.63, 3.8) is 0 Å². The summed E-state index contributed by atoms with van der Waals surface area (Å²) >= 11 is 0. The molecule has 114 valence electrons. The minimum absolute atomic E-state index is 0.0636. The number of aromatic nitrogens is 2. The lowest BCUT2D eigenvalue weighted by Gasteiger charge is -2.11. The summed E-state index contributed by atoms with van der Waals surface area (Å²) in [5.41, 5.74) is 2.36. The van der Waals surface area contributed by atoms with Crippen molar-refractivity contribution in [2.24, 2.45) is 0 Å². The third-order valence-corrected chi connectivity index (χ3v) is 3.88. The van der Waals surface area contributed by atoms with Gasteiger partial charge in [0.15, 0.2) is 0 Å². The number of amides is 2. The molecule has 0 spiro atoms. The highest BCUT2D eigenvalue weighted by atomic mass is 16.2. The van der Waals surface area contributed by atoms with Gasteiger partial charge in [-0.25, -0.2) is 4.98 Å². The van der Waals surface area contributed by atoms with E-state index < -0.39 is 6.04 Å². The quantitative estimate of drug-likeness (QED) is 0.781. The summed E-state index contributed by atoms with van der Waals surface area (Å²) in [6, 6.07) is 16.2. The van der Waals surface area contributed by atoms with Gasteiger partial charge in [-0.1, -0.05) is 30.3 Å². The summed E-state index contributed by atoms with van der Waals surface area (Å²) in [5, 5.41) is 5.55. The van der Waals surface area contributed by atoms with Gasteiger partial charge in [0, 0.05) is 5.69 Å². The lowest BCUT2D eigenvalue weighted by molar-refractivity contribution is -0.123. The second-order valence-corrected chi connectivity index (χ2v) is 5.42. The van der Waals surface area contributed by atoms with E-state index in [2.05, 4.69) is 15.6 Å². The highest BCUT2D eigenvalue weighted by Crippen LogP contribution is 2.32. The van der Waals surface area contributed by atoms with Gasteiger partial charge in [-0.3, -0.25) is 19.5 Å². The van der Waals surface area contributed by atoms with Gasteiger partial charge in [0.25, 0.3) is 0 Å². The molecular formula is C17H14N4O2. The fourth-order valence-electron chi connectivity index (χ4n) is 2.85. The summed E-state index contributed by atoms with van der Waals surface area (Å²) in [6.45, 7) is 0. The maximum atomic E-state index is 12.3. The molecule has 2 amide bonds. The Morgan fingerprint density at radius 1 is 1.13 bits per heavy atom. The normalized spacial score (nSPS) is 16.2. The first-order chi connectivity index (χ1) is 11.2. The van der Waals surface area contributed by atoms with E-state index in [0.717, 1.165) is 11.0 Å². The molecule has 0 fully saturated rings. The first-order valence-electron chi connectivity index (χ1n) is 7.35. The lowest BCUT2D eigenvalue weighted by Crippen LogP contribution is -2.23. The van der Waals surface area contributed by atoms with Gasteiger partial charge in [0.05, 0.1) is 17.5 Å². The smallest absolute Gasteiger partial charge is 0.250 e. The summed E-state index contributed by atoms with van der Waals surface area (Å²) < 4.78 is 1.79. The number of carbonyl (C=O) groups is 2. The molecule has 0 radical (unpaired) electrons. The molecule has 0 bridgehead atoms. The zero-order valence-electron chi connectivity index (χ0n) is 12.2. The van der Waals surface area contributed by atoms with Crippen LogP contribution in [0.3, 0.4) is 0 Å². The van der Waals surface area contributed by atoms with Crippen molar-refractivity contribution in [1.82, 2.24) is 9.55 Å². The largest absolute Gasteiger partial charge is 0.326 e. The van der Waals surface area contributed by atoms with Crippen molar-refractivity contribution in [3.8, 4) is 0 Å². The van der Waals surface area contributed by atoms with E-state index in [1.54, 1.807) is 4.57 Å². The molecule has 3 aromatic rings. The lowest BCUT2D eigenvalue weighted by atomic mass is 10.1. The zero-order chi connectivity index (χ0) is 15.8. The van der Waals surface area contributed by atoms with Gasteiger partial charge in [-0.2, -0.15) is 0 Å². The van der Waals surface area contributed by atoms with Crippen LogP contribution < -0.4 is 10.6 Å². The van der Waals surface area contributed by atoms with Gasteiger partial charge in [0.2, 0.25) is 17.8 Å². The van der Waals surface area contributed by atoms with E-state index >= 15 is 0 Å².